The summed E-state index contributed by atoms with van der Waals surface area (Å²) >= 11 is 0. The first-order valence-electron chi connectivity index (χ1n) is 6.28. The van der Waals surface area contributed by atoms with Crippen molar-refractivity contribution < 1.29 is 0 Å². The minimum absolute atomic E-state index is 0.417. The summed E-state index contributed by atoms with van der Waals surface area (Å²) in [5, 5.41) is 0. The molecule has 2 rings (SSSR count). The van der Waals surface area contributed by atoms with Crippen LogP contribution in [0.15, 0.2) is 6.20 Å². The molecule has 0 amide bonds. The summed E-state index contributed by atoms with van der Waals surface area (Å²) in [4.78, 5) is 9.17. The second kappa shape index (κ2) is 4.91. The Morgan fingerprint density at radius 2 is 2.31 bits per heavy atom. The van der Waals surface area contributed by atoms with Crippen LogP contribution in [0.3, 0.4) is 0 Å². The van der Waals surface area contributed by atoms with Crippen LogP contribution in [-0.2, 0) is 6.42 Å². The van der Waals surface area contributed by atoms with Gasteiger partial charge < -0.3 is 5.73 Å². The number of hydrogen-bond acceptors (Lipinski definition) is 3. The Kier molecular flexibility index (Phi) is 3.54. The molecule has 1 aliphatic rings. The van der Waals surface area contributed by atoms with E-state index in [1.807, 2.05) is 6.20 Å². The molecule has 1 aliphatic carbocycles. The van der Waals surface area contributed by atoms with Crippen LogP contribution >= 0.6 is 0 Å². The molecule has 0 aliphatic heterocycles. The number of nitrogens with zero attached hydrogens (tertiary/aromatic N) is 2. The van der Waals surface area contributed by atoms with E-state index in [2.05, 4.69) is 18.8 Å². The van der Waals surface area contributed by atoms with Crippen molar-refractivity contribution >= 4 is 0 Å². The maximum atomic E-state index is 5.65. The van der Waals surface area contributed by atoms with Gasteiger partial charge in [0.05, 0.1) is 0 Å². The van der Waals surface area contributed by atoms with Gasteiger partial charge in [-0.25, -0.2) is 9.97 Å². The third kappa shape index (κ3) is 2.24. The van der Waals surface area contributed by atoms with E-state index < -0.39 is 0 Å². The summed E-state index contributed by atoms with van der Waals surface area (Å²) in [6, 6.07) is 0. The summed E-state index contributed by atoms with van der Waals surface area (Å²) in [6.07, 6.45) is 6.70. The predicted molar refractivity (Wildman–Crippen MR) is 65.5 cm³/mol. The molecule has 1 heterocycles. The van der Waals surface area contributed by atoms with E-state index >= 15 is 0 Å². The Hall–Kier alpha value is -0.960. The molecule has 0 bridgehead atoms. The molecule has 0 saturated carbocycles. The van der Waals surface area contributed by atoms with Crippen LogP contribution in [-0.4, -0.2) is 16.5 Å². The van der Waals surface area contributed by atoms with Crippen LogP contribution in [0.2, 0.25) is 0 Å². The minimum atomic E-state index is 0.417. The summed E-state index contributed by atoms with van der Waals surface area (Å²) < 4.78 is 0. The lowest BCUT2D eigenvalue weighted by Crippen LogP contribution is -2.17. The zero-order valence-electron chi connectivity index (χ0n) is 10.2. The van der Waals surface area contributed by atoms with Gasteiger partial charge in [0.15, 0.2) is 0 Å². The van der Waals surface area contributed by atoms with Gasteiger partial charge in [-0.2, -0.15) is 0 Å². The van der Waals surface area contributed by atoms with E-state index in [-0.39, 0.29) is 0 Å². The molecule has 1 unspecified atom stereocenters. The predicted octanol–water partition coefficient (Wildman–Crippen LogP) is 2.37. The summed E-state index contributed by atoms with van der Waals surface area (Å²) in [5.74, 6) is 1.99. The maximum absolute atomic E-state index is 5.65. The number of nitrogens with two attached hydrogens (primary N) is 1. The number of aromatic nitrogens is 2. The smallest absolute Gasteiger partial charge is 0.131 e. The fourth-order valence-electron chi connectivity index (χ4n) is 2.43. The molecule has 3 nitrogen and oxygen atoms in total. The quantitative estimate of drug-likeness (QED) is 0.849. The molecule has 88 valence electrons. The lowest BCUT2D eigenvalue weighted by molar-refractivity contribution is 0.511. The highest BCUT2D eigenvalue weighted by molar-refractivity contribution is 5.25. The Morgan fingerprint density at radius 3 is 3.00 bits per heavy atom. The molecule has 0 spiro atoms. The number of rotatable bonds is 3. The van der Waals surface area contributed by atoms with Gasteiger partial charge in [0.25, 0.3) is 0 Å². The highest BCUT2D eigenvalue weighted by Gasteiger charge is 2.21. The lowest BCUT2D eigenvalue weighted by Gasteiger charge is -2.24. The fraction of sp³-hybridized carbons (Fsp3) is 0.692. The second-order valence-corrected chi connectivity index (χ2v) is 4.95. The average Bonchev–Trinajstić information content (AvgIpc) is 2.29. The molecule has 3 heteroatoms. The lowest BCUT2D eigenvalue weighted by atomic mass is 9.84. The van der Waals surface area contributed by atoms with Crippen LogP contribution in [0.25, 0.3) is 0 Å². The Morgan fingerprint density at radius 1 is 1.50 bits per heavy atom. The monoisotopic (exact) mass is 219 g/mol. The van der Waals surface area contributed by atoms with Crippen molar-refractivity contribution in [3.8, 4) is 0 Å². The van der Waals surface area contributed by atoms with Crippen LogP contribution in [0, 0.1) is 0 Å². The van der Waals surface area contributed by atoms with E-state index in [9.17, 15) is 0 Å². The normalized spacial score (nSPS) is 19.9. The van der Waals surface area contributed by atoms with Crippen LogP contribution in [0.4, 0.5) is 0 Å². The Labute approximate surface area is 97.5 Å². The molecular weight excluding hydrogens is 198 g/mol. The molecule has 0 radical (unpaired) electrons. The molecule has 16 heavy (non-hydrogen) atoms. The van der Waals surface area contributed by atoms with Crippen molar-refractivity contribution in [1.82, 2.24) is 9.97 Å². The van der Waals surface area contributed by atoms with E-state index in [0.29, 0.717) is 11.8 Å². The largest absolute Gasteiger partial charge is 0.330 e. The first kappa shape index (κ1) is 11.5. The molecule has 0 fully saturated rings. The number of fused-ring (bicyclic) bond motifs is 1. The van der Waals surface area contributed by atoms with Gasteiger partial charge in [-0.3, -0.25) is 0 Å². The summed E-state index contributed by atoms with van der Waals surface area (Å²) in [7, 11) is 0. The molecule has 1 aromatic rings. The zero-order chi connectivity index (χ0) is 11.5. The van der Waals surface area contributed by atoms with Gasteiger partial charge >= 0.3 is 0 Å². The van der Waals surface area contributed by atoms with Crippen molar-refractivity contribution in [2.24, 2.45) is 5.73 Å². The third-order valence-electron chi connectivity index (χ3n) is 3.36. The van der Waals surface area contributed by atoms with E-state index in [0.717, 1.165) is 25.2 Å². The molecule has 0 aromatic carbocycles. The van der Waals surface area contributed by atoms with Crippen LogP contribution < -0.4 is 5.73 Å². The topological polar surface area (TPSA) is 51.8 Å². The Bertz CT molecular complexity index is 360. The molecular formula is C13H21N3. The van der Waals surface area contributed by atoms with Crippen molar-refractivity contribution in [3.63, 3.8) is 0 Å². The van der Waals surface area contributed by atoms with Gasteiger partial charge in [0.2, 0.25) is 0 Å². The van der Waals surface area contributed by atoms with Gasteiger partial charge in [0, 0.05) is 17.8 Å². The molecule has 2 N–H and O–H groups in total. The van der Waals surface area contributed by atoms with E-state index in [1.165, 1.54) is 24.1 Å². The standard InChI is InChI=1S/C13H21N3/c1-9(2)13-15-8-11-10(6-7-14)4-3-5-12(11)16-13/h8-10H,3-7,14H2,1-2H3. The molecule has 1 aromatic heterocycles. The SMILES string of the molecule is CC(C)c1ncc2c(n1)CCCC2CCN. The van der Waals surface area contributed by atoms with E-state index in [1.54, 1.807) is 0 Å². The molecule has 0 saturated heterocycles. The first-order chi connectivity index (χ1) is 7.72. The van der Waals surface area contributed by atoms with Gasteiger partial charge in [-0.05, 0) is 43.7 Å². The summed E-state index contributed by atoms with van der Waals surface area (Å²) in [6.45, 7) is 5.04. The number of hydrogen-bond donors (Lipinski definition) is 1. The average molecular weight is 219 g/mol. The first-order valence-corrected chi connectivity index (χ1v) is 6.28. The minimum Gasteiger partial charge on any atom is -0.330 e. The van der Waals surface area contributed by atoms with Gasteiger partial charge in [-0.15, -0.1) is 0 Å². The Balaban J connectivity index is 2.29. The third-order valence-corrected chi connectivity index (χ3v) is 3.36. The summed E-state index contributed by atoms with van der Waals surface area (Å²) in [5.41, 5.74) is 8.27. The number of aryl methyl sites for hydroxylation is 1. The van der Waals surface area contributed by atoms with Gasteiger partial charge in [0.1, 0.15) is 5.82 Å². The second-order valence-electron chi connectivity index (χ2n) is 4.95. The highest BCUT2D eigenvalue weighted by atomic mass is 14.9. The highest BCUT2D eigenvalue weighted by Crippen LogP contribution is 2.32. The van der Waals surface area contributed by atoms with Crippen LogP contribution in [0.1, 0.15) is 62.0 Å². The van der Waals surface area contributed by atoms with Crippen LogP contribution in [0.5, 0.6) is 0 Å². The van der Waals surface area contributed by atoms with Crippen molar-refractivity contribution in [2.75, 3.05) is 6.54 Å². The van der Waals surface area contributed by atoms with Gasteiger partial charge in [-0.1, -0.05) is 13.8 Å². The fourth-order valence-corrected chi connectivity index (χ4v) is 2.43. The zero-order valence-corrected chi connectivity index (χ0v) is 10.2. The van der Waals surface area contributed by atoms with Crippen molar-refractivity contribution in [2.45, 2.75) is 51.4 Å². The van der Waals surface area contributed by atoms with E-state index in [4.69, 9.17) is 10.7 Å². The van der Waals surface area contributed by atoms with Crippen molar-refractivity contribution in [3.05, 3.63) is 23.3 Å². The van der Waals surface area contributed by atoms with Crippen molar-refractivity contribution in [1.29, 1.82) is 0 Å². The molecule has 1 atom stereocenters. The maximum Gasteiger partial charge on any atom is 0.131 e.